The van der Waals surface area contributed by atoms with Gasteiger partial charge in [0.2, 0.25) is 5.88 Å². The molecule has 5 nitrogen and oxygen atoms in total. The number of pyridine rings is 1. The van der Waals surface area contributed by atoms with Crippen molar-refractivity contribution in [2.24, 2.45) is 0 Å². The summed E-state index contributed by atoms with van der Waals surface area (Å²) in [5, 5.41) is 4.19. The number of hydrogen-bond donors (Lipinski definition) is 1. The summed E-state index contributed by atoms with van der Waals surface area (Å²) >= 11 is 1.18. The smallest absolute Gasteiger partial charge is 0.272 e. The summed E-state index contributed by atoms with van der Waals surface area (Å²) in [6, 6.07) is 4.54. The second-order valence-corrected chi connectivity index (χ2v) is 4.46. The maximum atomic E-state index is 12.0. The summed E-state index contributed by atoms with van der Waals surface area (Å²) in [5.41, 5.74) is 1.08. The van der Waals surface area contributed by atoms with E-state index in [-0.39, 0.29) is 17.6 Å². The van der Waals surface area contributed by atoms with Gasteiger partial charge in [0.15, 0.2) is 6.61 Å². The first kappa shape index (κ1) is 14.3. The molecule has 0 bridgehead atoms. The van der Waals surface area contributed by atoms with Gasteiger partial charge >= 0.3 is 0 Å². The van der Waals surface area contributed by atoms with Gasteiger partial charge < -0.3 is 10.1 Å². The van der Waals surface area contributed by atoms with Crippen LogP contribution in [0.2, 0.25) is 0 Å². The van der Waals surface area contributed by atoms with E-state index in [1.54, 1.807) is 24.4 Å². The van der Waals surface area contributed by atoms with Gasteiger partial charge in [-0.2, -0.15) is 9.36 Å². The first-order chi connectivity index (χ1) is 9.56. The van der Waals surface area contributed by atoms with Crippen LogP contribution in [0.15, 0.2) is 23.6 Å². The van der Waals surface area contributed by atoms with E-state index in [2.05, 4.69) is 14.7 Å². The van der Waals surface area contributed by atoms with Crippen molar-refractivity contribution < 1.29 is 18.3 Å². The van der Waals surface area contributed by atoms with Crippen LogP contribution in [-0.4, -0.2) is 28.3 Å². The molecule has 20 heavy (non-hydrogen) atoms. The normalized spacial score (nSPS) is 10.6. The third-order valence-electron chi connectivity index (χ3n) is 2.32. The molecular formula is C12H11F2N3O2S. The van der Waals surface area contributed by atoms with Crippen LogP contribution < -0.4 is 10.1 Å². The highest BCUT2D eigenvalue weighted by molar-refractivity contribution is 7.04. The molecule has 1 amide bonds. The number of halogens is 2. The van der Waals surface area contributed by atoms with Crippen molar-refractivity contribution in [2.75, 3.05) is 11.9 Å². The Morgan fingerprint density at radius 1 is 1.50 bits per heavy atom. The number of carbonyl (C=O) groups excluding carboxylic acids is 1. The van der Waals surface area contributed by atoms with E-state index in [0.29, 0.717) is 11.3 Å². The highest BCUT2D eigenvalue weighted by atomic mass is 32.1. The summed E-state index contributed by atoms with van der Waals surface area (Å²) in [5.74, 6) is -0.0922. The number of carbonyl (C=O) groups is 1. The first-order valence-electron chi connectivity index (χ1n) is 5.66. The molecule has 0 saturated heterocycles. The number of rotatable bonds is 5. The maximum Gasteiger partial charge on any atom is 0.272 e. The monoisotopic (exact) mass is 299 g/mol. The van der Waals surface area contributed by atoms with Crippen LogP contribution in [0.4, 0.5) is 14.6 Å². The van der Waals surface area contributed by atoms with Crippen molar-refractivity contribution in [2.45, 2.75) is 13.3 Å². The Balaban J connectivity index is 2.04. The van der Waals surface area contributed by atoms with Gasteiger partial charge in [0.25, 0.3) is 12.3 Å². The molecule has 0 radical (unpaired) electrons. The Hall–Kier alpha value is -2.09. The number of aryl methyl sites for hydroxylation is 1. The number of anilines is 1. The Labute approximate surface area is 117 Å². The predicted octanol–water partition coefficient (Wildman–Crippen LogP) is 2.74. The van der Waals surface area contributed by atoms with E-state index >= 15 is 0 Å². The lowest BCUT2D eigenvalue weighted by atomic mass is 10.2. The quantitative estimate of drug-likeness (QED) is 0.922. The van der Waals surface area contributed by atoms with Crippen molar-refractivity contribution in [3.63, 3.8) is 0 Å². The van der Waals surface area contributed by atoms with Gasteiger partial charge in [0.05, 0.1) is 11.3 Å². The molecule has 1 N–H and O–H groups in total. The molecule has 0 atom stereocenters. The Kier molecular flexibility index (Phi) is 4.57. The summed E-state index contributed by atoms with van der Waals surface area (Å²) < 4.78 is 32.8. The lowest BCUT2D eigenvalue weighted by Crippen LogP contribution is -2.14. The number of amides is 1. The summed E-state index contributed by atoms with van der Waals surface area (Å²) in [7, 11) is 0. The minimum absolute atomic E-state index is 0.0308. The van der Waals surface area contributed by atoms with Gasteiger partial charge in [-0.15, -0.1) is 0 Å². The van der Waals surface area contributed by atoms with E-state index in [9.17, 15) is 13.6 Å². The summed E-state index contributed by atoms with van der Waals surface area (Å²) in [4.78, 5) is 15.8. The molecule has 2 aromatic heterocycles. The minimum Gasteiger partial charge on any atom is -0.472 e. The molecule has 0 aromatic carbocycles. The van der Waals surface area contributed by atoms with Crippen LogP contribution in [0.25, 0.3) is 0 Å². The molecule has 0 aliphatic rings. The fourth-order valence-electron chi connectivity index (χ4n) is 1.41. The number of nitrogens with zero attached hydrogens (tertiary/aromatic N) is 2. The summed E-state index contributed by atoms with van der Waals surface area (Å²) in [6.45, 7) is 0.985. The van der Waals surface area contributed by atoms with Gasteiger partial charge in [0.1, 0.15) is 5.82 Å². The predicted molar refractivity (Wildman–Crippen MR) is 70.5 cm³/mol. The molecule has 106 valence electrons. The van der Waals surface area contributed by atoms with Gasteiger partial charge in [-0.25, -0.2) is 8.78 Å². The van der Waals surface area contributed by atoms with E-state index in [1.165, 1.54) is 17.6 Å². The largest absolute Gasteiger partial charge is 0.472 e. The van der Waals surface area contributed by atoms with Crippen LogP contribution in [0, 0.1) is 6.92 Å². The highest BCUT2D eigenvalue weighted by Crippen LogP contribution is 2.15. The van der Waals surface area contributed by atoms with Crippen LogP contribution >= 0.6 is 11.5 Å². The van der Waals surface area contributed by atoms with Gasteiger partial charge in [-0.1, -0.05) is 6.07 Å². The minimum atomic E-state index is -2.57. The average molecular weight is 299 g/mol. The fourth-order valence-corrected chi connectivity index (χ4v) is 2.10. The van der Waals surface area contributed by atoms with Gasteiger partial charge in [0, 0.05) is 11.4 Å². The molecule has 0 spiro atoms. The summed E-state index contributed by atoms with van der Waals surface area (Å²) in [6.07, 6.45) is -2.57. The SMILES string of the molecule is Cc1nscc1C(=O)Nc1cccc(OCC(F)F)n1. The number of nitrogens with one attached hydrogen (secondary N) is 1. The lowest BCUT2D eigenvalue weighted by Gasteiger charge is -2.07. The Morgan fingerprint density at radius 2 is 2.30 bits per heavy atom. The van der Waals surface area contributed by atoms with Gasteiger partial charge in [-0.3, -0.25) is 4.79 Å². The first-order valence-corrected chi connectivity index (χ1v) is 6.50. The lowest BCUT2D eigenvalue weighted by molar-refractivity contribution is 0.0796. The van der Waals surface area contributed by atoms with Crippen molar-refractivity contribution >= 4 is 23.3 Å². The maximum absolute atomic E-state index is 12.0. The standard InChI is InChI=1S/C12H11F2N3O2S/c1-7-8(6-20-17-7)12(18)16-10-3-2-4-11(15-10)19-5-9(13)14/h2-4,6,9H,5H2,1H3,(H,15,16,18). The molecular weight excluding hydrogens is 288 g/mol. The molecule has 8 heteroatoms. The average Bonchev–Trinajstić information content (AvgIpc) is 2.83. The van der Waals surface area contributed by atoms with Crippen molar-refractivity contribution in [3.05, 3.63) is 34.8 Å². The van der Waals surface area contributed by atoms with E-state index in [0.717, 1.165) is 0 Å². The Bertz CT molecular complexity index is 604. The number of aromatic nitrogens is 2. The van der Waals surface area contributed by atoms with Crippen LogP contribution in [-0.2, 0) is 0 Å². The van der Waals surface area contributed by atoms with Crippen molar-refractivity contribution in [1.29, 1.82) is 0 Å². The number of alkyl halides is 2. The molecule has 2 rings (SSSR count). The molecule has 0 aliphatic heterocycles. The van der Waals surface area contributed by atoms with E-state index in [1.807, 2.05) is 0 Å². The van der Waals surface area contributed by atoms with Crippen LogP contribution in [0.1, 0.15) is 16.1 Å². The Morgan fingerprint density at radius 3 is 2.95 bits per heavy atom. The zero-order valence-electron chi connectivity index (χ0n) is 10.5. The molecule has 2 aromatic rings. The topological polar surface area (TPSA) is 64.1 Å². The molecule has 2 heterocycles. The van der Waals surface area contributed by atoms with Crippen LogP contribution in [0.3, 0.4) is 0 Å². The van der Waals surface area contributed by atoms with E-state index in [4.69, 9.17) is 4.74 Å². The van der Waals surface area contributed by atoms with E-state index < -0.39 is 13.0 Å². The number of hydrogen-bond acceptors (Lipinski definition) is 5. The molecule has 0 unspecified atom stereocenters. The third kappa shape index (κ3) is 3.70. The van der Waals surface area contributed by atoms with Crippen molar-refractivity contribution in [1.82, 2.24) is 9.36 Å². The molecule has 0 fully saturated rings. The second-order valence-electron chi connectivity index (χ2n) is 3.83. The van der Waals surface area contributed by atoms with Crippen LogP contribution in [0.5, 0.6) is 5.88 Å². The molecule has 0 aliphatic carbocycles. The highest BCUT2D eigenvalue weighted by Gasteiger charge is 2.12. The number of ether oxygens (including phenoxy) is 1. The zero-order chi connectivity index (χ0) is 14.5. The van der Waals surface area contributed by atoms with Crippen molar-refractivity contribution in [3.8, 4) is 5.88 Å². The second kappa shape index (κ2) is 6.38. The molecule has 0 saturated carbocycles. The third-order valence-corrected chi connectivity index (χ3v) is 3.04. The zero-order valence-corrected chi connectivity index (χ0v) is 11.3. The van der Waals surface area contributed by atoms with Gasteiger partial charge in [-0.05, 0) is 24.5 Å². The fraction of sp³-hybridized carbons (Fsp3) is 0.250.